The topological polar surface area (TPSA) is 96.2 Å². The predicted octanol–water partition coefficient (Wildman–Crippen LogP) is 5.25. The lowest BCUT2D eigenvalue weighted by atomic mass is 9.41. The molecular weight excluding hydrogens is 504 g/mol. The van der Waals surface area contributed by atoms with Crippen LogP contribution in [0, 0.1) is 56.7 Å². The number of fused-ring (bicyclic) bond motifs is 4. The average Bonchev–Trinajstić information content (AvgIpc) is 3.78. The van der Waals surface area contributed by atoms with Gasteiger partial charge in [-0.15, -0.1) is 0 Å². The number of hydrogen-bond acceptors (Lipinski definition) is 6. The molecule has 2 spiro atoms. The normalized spacial score (nSPS) is 55.1. The van der Waals surface area contributed by atoms with E-state index in [1.807, 2.05) is 0 Å². The molecule has 3 N–H and O–H groups in total. The molecule has 1 aliphatic heterocycles. The highest BCUT2D eigenvalue weighted by Gasteiger charge is 2.84. The first-order valence-electron chi connectivity index (χ1n) is 16.5. The van der Waals surface area contributed by atoms with Crippen molar-refractivity contribution in [3.8, 4) is 0 Å². The van der Waals surface area contributed by atoms with Gasteiger partial charge in [-0.2, -0.15) is 0 Å². The lowest BCUT2D eigenvalue weighted by Gasteiger charge is -2.63. The number of rotatable bonds is 4. The molecule has 0 aromatic rings. The molecule has 7 aliphatic rings. The SMILES string of the molecule is CC1CC(C(OC(=O)C2CC2)C(C)(C)O)OC2C1C1(C)CCC34CC35CCC(O)C(C)(C)C5CCC4C1(C)C2O. The second-order valence-corrected chi connectivity index (χ2v) is 17.4. The van der Waals surface area contributed by atoms with Gasteiger partial charge in [-0.1, -0.05) is 34.6 Å². The van der Waals surface area contributed by atoms with E-state index in [9.17, 15) is 20.1 Å². The molecule has 7 fully saturated rings. The highest BCUT2D eigenvalue weighted by Crippen LogP contribution is 2.89. The molecule has 40 heavy (non-hydrogen) atoms. The molecule has 0 aromatic carbocycles. The zero-order valence-corrected chi connectivity index (χ0v) is 25.9. The molecule has 0 radical (unpaired) electrons. The number of carbonyl (C=O) groups excluding carboxylic acids is 1. The van der Waals surface area contributed by atoms with Crippen LogP contribution in [0.25, 0.3) is 0 Å². The van der Waals surface area contributed by atoms with E-state index in [0.717, 1.165) is 51.4 Å². The zero-order chi connectivity index (χ0) is 28.8. The Morgan fingerprint density at radius 3 is 2.25 bits per heavy atom. The van der Waals surface area contributed by atoms with Crippen molar-refractivity contribution in [1.29, 1.82) is 0 Å². The summed E-state index contributed by atoms with van der Waals surface area (Å²) in [4.78, 5) is 12.7. The van der Waals surface area contributed by atoms with Crippen LogP contribution < -0.4 is 0 Å². The number of esters is 1. The molecule has 13 unspecified atom stereocenters. The molecule has 7 rings (SSSR count). The Bertz CT molecular complexity index is 1080. The molecule has 0 bridgehead atoms. The van der Waals surface area contributed by atoms with Gasteiger partial charge in [-0.3, -0.25) is 4.79 Å². The van der Waals surface area contributed by atoms with E-state index >= 15 is 0 Å². The summed E-state index contributed by atoms with van der Waals surface area (Å²) < 4.78 is 12.8. The van der Waals surface area contributed by atoms with E-state index in [4.69, 9.17) is 9.47 Å². The summed E-state index contributed by atoms with van der Waals surface area (Å²) in [5.41, 5.74) is -0.985. The fraction of sp³-hybridized carbons (Fsp3) is 0.971. The second-order valence-electron chi connectivity index (χ2n) is 17.4. The Hall–Kier alpha value is -0.690. The molecule has 226 valence electrons. The highest BCUT2D eigenvalue weighted by molar-refractivity contribution is 5.75. The van der Waals surface area contributed by atoms with Crippen molar-refractivity contribution in [3.05, 3.63) is 0 Å². The van der Waals surface area contributed by atoms with Crippen molar-refractivity contribution in [2.24, 2.45) is 56.7 Å². The molecule has 0 aromatic heterocycles. The van der Waals surface area contributed by atoms with Crippen LogP contribution in [0.1, 0.15) is 113 Å². The largest absolute Gasteiger partial charge is 0.456 e. The smallest absolute Gasteiger partial charge is 0.309 e. The van der Waals surface area contributed by atoms with Crippen molar-refractivity contribution in [2.75, 3.05) is 0 Å². The van der Waals surface area contributed by atoms with E-state index in [-0.39, 0.29) is 57.6 Å². The zero-order valence-electron chi connectivity index (χ0n) is 25.9. The van der Waals surface area contributed by atoms with E-state index in [0.29, 0.717) is 17.3 Å². The molecule has 6 aliphatic carbocycles. The molecule has 1 heterocycles. The summed E-state index contributed by atoms with van der Waals surface area (Å²) in [6, 6.07) is 0. The van der Waals surface area contributed by atoms with Crippen LogP contribution in [0.15, 0.2) is 0 Å². The van der Waals surface area contributed by atoms with Gasteiger partial charge in [0, 0.05) is 5.41 Å². The summed E-state index contributed by atoms with van der Waals surface area (Å²) >= 11 is 0. The van der Waals surface area contributed by atoms with Crippen molar-refractivity contribution < 1.29 is 29.6 Å². The second kappa shape index (κ2) is 8.27. The third kappa shape index (κ3) is 3.29. The fourth-order valence-electron chi connectivity index (χ4n) is 12.7. The van der Waals surface area contributed by atoms with Gasteiger partial charge >= 0.3 is 5.97 Å². The Labute approximate surface area is 241 Å². The quantitative estimate of drug-likeness (QED) is 0.408. The fourth-order valence-corrected chi connectivity index (χ4v) is 12.7. The Morgan fingerprint density at radius 2 is 1.60 bits per heavy atom. The van der Waals surface area contributed by atoms with Crippen LogP contribution in [0.5, 0.6) is 0 Å². The van der Waals surface area contributed by atoms with Crippen molar-refractivity contribution in [2.45, 2.75) is 149 Å². The number of carbonyl (C=O) groups is 1. The van der Waals surface area contributed by atoms with E-state index in [2.05, 4.69) is 34.6 Å². The summed E-state index contributed by atoms with van der Waals surface area (Å²) in [6.45, 7) is 15.2. The van der Waals surface area contributed by atoms with Gasteiger partial charge in [-0.25, -0.2) is 0 Å². The lowest BCUT2D eigenvalue weighted by molar-refractivity contribution is -0.218. The van der Waals surface area contributed by atoms with Gasteiger partial charge in [0.05, 0.1) is 35.9 Å². The van der Waals surface area contributed by atoms with Crippen molar-refractivity contribution in [1.82, 2.24) is 0 Å². The standard InChI is InChI=1S/C34H54O6/c1-18-16-20(27(30(4,5)38)40-28(37)19-8-9-19)39-25-24(18)31(6)14-15-34-17-33(34)13-12-23(35)29(2,3)21(33)10-11-22(34)32(31,7)26(25)36/h18-27,35-36,38H,8-17H2,1-7H3. The maximum absolute atomic E-state index is 12.7. The Morgan fingerprint density at radius 1 is 0.950 bits per heavy atom. The van der Waals surface area contributed by atoms with Crippen molar-refractivity contribution in [3.63, 3.8) is 0 Å². The summed E-state index contributed by atoms with van der Waals surface area (Å²) in [5, 5.41) is 34.5. The van der Waals surface area contributed by atoms with Gasteiger partial charge in [0.1, 0.15) is 0 Å². The molecule has 1 saturated heterocycles. The average molecular weight is 559 g/mol. The summed E-state index contributed by atoms with van der Waals surface area (Å²) in [5.74, 6) is 1.27. The number of ether oxygens (including phenoxy) is 2. The minimum atomic E-state index is -1.23. The minimum Gasteiger partial charge on any atom is -0.456 e. The first-order chi connectivity index (χ1) is 18.5. The van der Waals surface area contributed by atoms with Crippen LogP contribution in [-0.2, 0) is 14.3 Å². The molecule has 6 nitrogen and oxygen atoms in total. The van der Waals surface area contributed by atoms with E-state index in [1.54, 1.807) is 13.8 Å². The van der Waals surface area contributed by atoms with Gasteiger partial charge in [0.2, 0.25) is 0 Å². The summed E-state index contributed by atoms with van der Waals surface area (Å²) in [6.07, 6.45) is 8.03. The van der Waals surface area contributed by atoms with Crippen LogP contribution >= 0.6 is 0 Å². The van der Waals surface area contributed by atoms with Crippen LogP contribution in [-0.4, -0.2) is 57.4 Å². The molecule has 13 atom stereocenters. The van der Waals surface area contributed by atoms with Crippen LogP contribution in [0.3, 0.4) is 0 Å². The Balaban J connectivity index is 1.20. The minimum absolute atomic E-state index is 0.0351. The lowest BCUT2D eigenvalue weighted by Crippen LogP contribution is -2.59. The van der Waals surface area contributed by atoms with Gasteiger partial charge in [-0.05, 0) is 123 Å². The third-order valence-corrected chi connectivity index (χ3v) is 15.0. The number of hydrogen-bond donors (Lipinski definition) is 3. The number of aliphatic hydroxyl groups excluding tert-OH is 2. The molecule has 6 saturated carbocycles. The predicted molar refractivity (Wildman–Crippen MR) is 151 cm³/mol. The summed E-state index contributed by atoms with van der Waals surface area (Å²) in [7, 11) is 0. The maximum atomic E-state index is 12.7. The third-order valence-electron chi connectivity index (χ3n) is 15.0. The molecule has 6 heteroatoms. The maximum Gasteiger partial charge on any atom is 0.309 e. The molecule has 0 amide bonds. The van der Waals surface area contributed by atoms with Crippen LogP contribution in [0.4, 0.5) is 0 Å². The van der Waals surface area contributed by atoms with E-state index in [1.165, 1.54) is 12.8 Å². The van der Waals surface area contributed by atoms with Gasteiger partial charge < -0.3 is 24.8 Å². The van der Waals surface area contributed by atoms with Gasteiger partial charge in [0.25, 0.3) is 0 Å². The number of aliphatic hydroxyl groups is 3. The Kier molecular flexibility index (Phi) is 5.81. The highest BCUT2D eigenvalue weighted by atomic mass is 16.6. The van der Waals surface area contributed by atoms with Gasteiger partial charge in [0.15, 0.2) is 6.10 Å². The van der Waals surface area contributed by atoms with E-state index < -0.39 is 23.9 Å². The molecular formula is C34H54O6. The first-order valence-corrected chi connectivity index (χ1v) is 16.5. The monoisotopic (exact) mass is 558 g/mol. The first kappa shape index (κ1) is 28.1. The van der Waals surface area contributed by atoms with Crippen molar-refractivity contribution >= 4 is 5.97 Å². The van der Waals surface area contributed by atoms with Crippen LogP contribution in [0.2, 0.25) is 0 Å².